The van der Waals surface area contributed by atoms with Crippen LogP contribution in [-0.4, -0.2) is 18.9 Å². The van der Waals surface area contributed by atoms with Crippen LogP contribution in [0, 0.1) is 5.92 Å². The summed E-state index contributed by atoms with van der Waals surface area (Å²) in [7, 11) is 1.57. The fourth-order valence-electron chi connectivity index (χ4n) is 4.39. The highest BCUT2D eigenvalue weighted by molar-refractivity contribution is 6.05. The average Bonchev–Trinajstić information content (AvgIpc) is 2.85. The summed E-state index contributed by atoms with van der Waals surface area (Å²) in [5.41, 5.74) is 3.89. The van der Waals surface area contributed by atoms with Crippen molar-refractivity contribution in [2.24, 2.45) is 5.92 Å². The molecule has 0 heterocycles. The van der Waals surface area contributed by atoms with Gasteiger partial charge in [-0.1, -0.05) is 61.7 Å². The fraction of sp³-hybridized carbons (Fsp3) is 0.286. The molecule has 2 N–H and O–H groups in total. The molecule has 0 radical (unpaired) electrons. The molecule has 0 saturated heterocycles. The van der Waals surface area contributed by atoms with Crippen molar-refractivity contribution in [2.75, 3.05) is 17.7 Å². The normalized spacial score (nSPS) is 13.8. The summed E-state index contributed by atoms with van der Waals surface area (Å²) in [6, 6.07) is 22.8. The third-order valence-electron chi connectivity index (χ3n) is 6.18. The van der Waals surface area contributed by atoms with E-state index >= 15 is 0 Å². The largest absolute Gasteiger partial charge is 0.495 e. The predicted octanol–water partition coefficient (Wildman–Crippen LogP) is 6.52. The first kappa shape index (κ1) is 22.6. The smallest absolute Gasteiger partial charge is 0.255 e. The number of hydrogen-bond donors (Lipinski definition) is 2. The molecule has 5 heteroatoms. The lowest BCUT2D eigenvalue weighted by Gasteiger charge is -2.21. The third-order valence-corrected chi connectivity index (χ3v) is 6.18. The first-order valence-corrected chi connectivity index (χ1v) is 11.6. The molecule has 3 aromatic rings. The Morgan fingerprint density at radius 2 is 1.55 bits per heavy atom. The number of nitrogens with one attached hydrogen (secondary N) is 2. The fourth-order valence-corrected chi connectivity index (χ4v) is 4.39. The van der Waals surface area contributed by atoms with Crippen LogP contribution in [0.5, 0.6) is 5.75 Å². The van der Waals surface area contributed by atoms with Crippen LogP contribution in [0.2, 0.25) is 0 Å². The summed E-state index contributed by atoms with van der Waals surface area (Å²) < 4.78 is 5.41. The summed E-state index contributed by atoms with van der Waals surface area (Å²) >= 11 is 0. The second-order valence-corrected chi connectivity index (χ2v) is 8.57. The molecule has 2 amide bonds. The van der Waals surface area contributed by atoms with Crippen molar-refractivity contribution in [3.05, 3.63) is 78.4 Å². The Balaban J connectivity index is 1.42. The highest BCUT2D eigenvalue weighted by atomic mass is 16.5. The van der Waals surface area contributed by atoms with E-state index in [1.807, 2.05) is 54.6 Å². The zero-order valence-corrected chi connectivity index (χ0v) is 19.0. The number of ether oxygens (including phenoxy) is 1. The van der Waals surface area contributed by atoms with Gasteiger partial charge in [-0.2, -0.15) is 0 Å². The zero-order chi connectivity index (χ0) is 23.0. The lowest BCUT2D eigenvalue weighted by atomic mass is 9.87. The van der Waals surface area contributed by atoms with Crippen molar-refractivity contribution < 1.29 is 14.3 Å². The van der Waals surface area contributed by atoms with Gasteiger partial charge in [0.1, 0.15) is 5.75 Å². The molecule has 33 heavy (non-hydrogen) atoms. The maximum Gasteiger partial charge on any atom is 0.255 e. The van der Waals surface area contributed by atoms with Gasteiger partial charge in [-0.15, -0.1) is 0 Å². The molecule has 0 bridgehead atoms. The van der Waals surface area contributed by atoms with Crippen molar-refractivity contribution in [3.8, 4) is 16.9 Å². The van der Waals surface area contributed by atoms with Crippen LogP contribution in [0.3, 0.4) is 0 Å². The Morgan fingerprint density at radius 1 is 0.848 bits per heavy atom. The van der Waals surface area contributed by atoms with E-state index in [-0.39, 0.29) is 11.8 Å². The predicted molar refractivity (Wildman–Crippen MR) is 133 cm³/mol. The van der Waals surface area contributed by atoms with Crippen LogP contribution in [0.25, 0.3) is 11.1 Å². The van der Waals surface area contributed by atoms with Crippen LogP contribution in [0.15, 0.2) is 72.8 Å². The number of amides is 2. The Bertz CT molecular complexity index is 1090. The standard InChI is InChI=1S/C28H30N2O3/c1-33-26-17-16-24(19-25(26)30-27(31)18-20-8-4-2-5-9-20)29-28(32)23-14-12-22(13-15-23)21-10-6-3-7-11-21/h3,6-7,10-17,19-20H,2,4-5,8-9,18H2,1H3,(H,29,32)(H,30,31). The first-order valence-electron chi connectivity index (χ1n) is 11.6. The molecule has 0 atom stereocenters. The van der Waals surface area contributed by atoms with E-state index in [4.69, 9.17) is 4.74 Å². The highest BCUT2D eigenvalue weighted by Crippen LogP contribution is 2.30. The van der Waals surface area contributed by atoms with Gasteiger partial charge >= 0.3 is 0 Å². The zero-order valence-electron chi connectivity index (χ0n) is 19.0. The van der Waals surface area contributed by atoms with E-state index in [1.165, 1.54) is 19.3 Å². The molecular weight excluding hydrogens is 412 g/mol. The van der Waals surface area contributed by atoms with Crippen LogP contribution >= 0.6 is 0 Å². The molecule has 0 aromatic heterocycles. The Morgan fingerprint density at radius 3 is 2.24 bits per heavy atom. The summed E-state index contributed by atoms with van der Waals surface area (Å²) in [6.07, 6.45) is 6.42. The number of anilines is 2. The van der Waals surface area contributed by atoms with Gasteiger partial charge in [-0.3, -0.25) is 9.59 Å². The Kier molecular flexibility index (Phi) is 7.40. The molecule has 0 unspecified atom stereocenters. The number of carbonyl (C=O) groups excluding carboxylic acids is 2. The maximum absolute atomic E-state index is 12.8. The molecule has 0 aliphatic heterocycles. The lowest BCUT2D eigenvalue weighted by molar-refractivity contribution is -0.117. The van der Waals surface area contributed by atoms with Gasteiger partial charge < -0.3 is 15.4 Å². The molecule has 1 aliphatic carbocycles. The number of benzene rings is 3. The number of carbonyl (C=O) groups is 2. The van der Waals surface area contributed by atoms with Gasteiger partial charge in [0.25, 0.3) is 5.91 Å². The summed E-state index contributed by atoms with van der Waals surface area (Å²) in [6.45, 7) is 0. The third kappa shape index (κ3) is 6.01. The SMILES string of the molecule is COc1ccc(NC(=O)c2ccc(-c3ccccc3)cc2)cc1NC(=O)CC1CCCCC1. The quantitative estimate of drug-likeness (QED) is 0.437. The van der Waals surface area contributed by atoms with Crippen molar-refractivity contribution in [3.63, 3.8) is 0 Å². The molecule has 1 aliphatic rings. The van der Waals surface area contributed by atoms with Gasteiger partial charge in [-0.05, 0) is 60.2 Å². The molecule has 1 fully saturated rings. The number of methoxy groups -OCH3 is 1. The van der Waals surface area contributed by atoms with E-state index in [2.05, 4.69) is 10.6 Å². The van der Waals surface area contributed by atoms with Crippen LogP contribution in [0.1, 0.15) is 48.9 Å². The average molecular weight is 443 g/mol. The van der Waals surface area contributed by atoms with Gasteiger partial charge in [0.2, 0.25) is 5.91 Å². The maximum atomic E-state index is 12.8. The van der Waals surface area contributed by atoms with Crippen LogP contribution < -0.4 is 15.4 Å². The number of hydrogen-bond acceptors (Lipinski definition) is 3. The van der Waals surface area contributed by atoms with Crippen molar-refractivity contribution in [1.82, 2.24) is 0 Å². The van der Waals surface area contributed by atoms with E-state index in [9.17, 15) is 9.59 Å². The second-order valence-electron chi connectivity index (χ2n) is 8.57. The van der Waals surface area contributed by atoms with E-state index in [0.717, 1.165) is 24.0 Å². The van der Waals surface area contributed by atoms with Crippen molar-refractivity contribution in [2.45, 2.75) is 38.5 Å². The molecule has 1 saturated carbocycles. The summed E-state index contributed by atoms with van der Waals surface area (Å²) in [4.78, 5) is 25.4. The van der Waals surface area contributed by atoms with Gasteiger partial charge in [0, 0.05) is 17.7 Å². The van der Waals surface area contributed by atoms with Gasteiger partial charge in [0.15, 0.2) is 0 Å². The minimum Gasteiger partial charge on any atom is -0.495 e. The van der Waals surface area contributed by atoms with E-state index in [0.29, 0.717) is 35.0 Å². The van der Waals surface area contributed by atoms with Crippen molar-refractivity contribution >= 4 is 23.2 Å². The molecule has 4 rings (SSSR count). The Hall–Kier alpha value is -3.60. The highest BCUT2D eigenvalue weighted by Gasteiger charge is 2.18. The minimum atomic E-state index is -0.209. The molecule has 5 nitrogen and oxygen atoms in total. The monoisotopic (exact) mass is 442 g/mol. The first-order chi connectivity index (χ1) is 16.1. The number of rotatable bonds is 7. The van der Waals surface area contributed by atoms with Crippen LogP contribution in [0.4, 0.5) is 11.4 Å². The van der Waals surface area contributed by atoms with Crippen molar-refractivity contribution in [1.29, 1.82) is 0 Å². The second kappa shape index (κ2) is 10.8. The van der Waals surface area contributed by atoms with E-state index in [1.54, 1.807) is 25.3 Å². The molecule has 0 spiro atoms. The Labute approximate surface area is 195 Å². The molecular formula is C28H30N2O3. The van der Waals surface area contributed by atoms with E-state index < -0.39 is 0 Å². The lowest BCUT2D eigenvalue weighted by Crippen LogP contribution is -2.19. The summed E-state index contributed by atoms with van der Waals surface area (Å²) in [5.74, 6) is 0.795. The van der Waals surface area contributed by atoms with Gasteiger partial charge in [0.05, 0.1) is 12.8 Å². The van der Waals surface area contributed by atoms with Gasteiger partial charge in [-0.25, -0.2) is 0 Å². The molecule has 3 aromatic carbocycles. The topological polar surface area (TPSA) is 67.4 Å². The minimum absolute atomic E-state index is 0.0137. The van der Waals surface area contributed by atoms with Crippen LogP contribution in [-0.2, 0) is 4.79 Å². The molecule has 170 valence electrons. The summed E-state index contributed by atoms with van der Waals surface area (Å²) in [5, 5.41) is 5.89.